The van der Waals surface area contributed by atoms with Gasteiger partial charge in [0.25, 0.3) is 17.7 Å². The summed E-state index contributed by atoms with van der Waals surface area (Å²) < 4.78 is 6.32. The maximum absolute atomic E-state index is 14.0. The standard InChI is InChI=1S/C32H42ClN5O6S3/c1-20-4-9-29-26(16-20)25(21(2)37(29)31(41)23-5-7-24(33)8-6-23)17-30(40)38(43-14-12-34-13-15-44-47)32(42)28(19-46)36-11-10-35-27(18-45)22(3)39/h4-9,16,27-28,34-36,45-47H,10-15,17-19H2,1-3H3/t27-,28-/m0/s1. The van der Waals surface area contributed by atoms with Crippen molar-refractivity contribution in [1.29, 1.82) is 0 Å². The van der Waals surface area contributed by atoms with Crippen LogP contribution >= 0.6 is 49.8 Å². The lowest BCUT2D eigenvalue weighted by Gasteiger charge is -2.25. The fourth-order valence-electron chi connectivity index (χ4n) is 4.94. The van der Waals surface area contributed by atoms with E-state index < -0.39 is 23.9 Å². The molecule has 2 atom stereocenters. The number of imide groups is 1. The maximum atomic E-state index is 14.0. The van der Waals surface area contributed by atoms with Crippen LogP contribution in [0.1, 0.15) is 34.1 Å². The molecule has 0 radical (unpaired) electrons. The maximum Gasteiger partial charge on any atom is 0.271 e. The van der Waals surface area contributed by atoms with Gasteiger partial charge in [0.05, 0.1) is 37.2 Å². The van der Waals surface area contributed by atoms with Crippen LogP contribution in [0.4, 0.5) is 0 Å². The number of nitrogens with one attached hydrogen (secondary N) is 3. The number of rotatable bonds is 19. The fraction of sp³-hybridized carbons (Fsp3) is 0.438. The first-order valence-electron chi connectivity index (χ1n) is 15.1. The molecular weight excluding hydrogens is 682 g/mol. The first-order valence-corrected chi connectivity index (χ1v) is 17.1. The third-order valence-electron chi connectivity index (χ3n) is 7.47. The van der Waals surface area contributed by atoms with Crippen molar-refractivity contribution in [2.75, 3.05) is 50.9 Å². The van der Waals surface area contributed by atoms with E-state index in [2.05, 4.69) is 54.1 Å². The van der Waals surface area contributed by atoms with Gasteiger partial charge < -0.3 is 20.1 Å². The molecule has 2 amide bonds. The predicted molar refractivity (Wildman–Crippen MR) is 194 cm³/mol. The number of halogens is 1. The van der Waals surface area contributed by atoms with Gasteiger partial charge in [-0.25, -0.2) is 0 Å². The van der Waals surface area contributed by atoms with Gasteiger partial charge in [-0.1, -0.05) is 23.2 Å². The Kier molecular flexibility index (Phi) is 16.2. The summed E-state index contributed by atoms with van der Waals surface area (Å²) in [4.78, 5) is 58.9. The summed E-state index contributed by atoms with van der Waals surface area (Å²) >= 11 is 18.3. The quantitative estimate of drug-likeness (QED) is 0.0478. The minimum absolute atomic E-state index is 0.0159. The first kappa shape index (κ1) is 39.0. The fourth-order valence-corrected chi connectivity index (χ4v) is 5.83. The number of carbonyl (C=O) groups is 4. The topological polar surface area (TPSA) is 131 Å². The van der Waals surface area contributed by atoms with Gasteiger partial charge in [-0.3, -0.25) is 28.6 Å². The van der Waals surface area contributed by atoms with Crippen LogP contribution in [0.2, 0.25) is 5.02 Å². The Bertz CT molecular complexity index is 1540. The zero-order valence-electron chi connectivity index (χ0n) is 26.6. The number of amides is 2. The van der Waals surface area contributed by atoms with Crippen LogP contribution < -0.4 is 16.0 Å². The SMILES string of the molecule is CC(=O)[C@H](CS)NCCN[C@@H](CS)C(=O)N(OCCNCCOS)C(=O)Cc1c(C)n(C(=O)c2ccc(Cl)cc2)c2ccc(C)cc12. The molecule has 2 aromatic carbocycles. The summed E-state index contributed by atoms with van der Waals surface area (Å²) in [5.74, 6) is -1.10. The lowest BCUT2D eigenvalue weighted by molar-refractivity contribution is -0.195. The molecule has 3 N–H and O–H groups in total. The van der Waals surface area contributed by atoms with Gasteiger partial charge in [-0.15, -0.1) is 0 Å². The van der Waals surface area contributed by atoms with Crippen molar-refractivity contribution in [3.05, 3.63) is 69.9 Å². The highest BCUT2D eigenvalue weighted by atomic mass is 35.5. The lowest BCUT2D eigenvalue weighted by atomic mass is 10.1. The van der Waals surface area contributed by atoms with Crippen LogP contribution in [0.3, 0.4) is 0 Å². The smallest absolute Gasteiger partial charge is 0.271 e. The number of hydroxylamine groups is 2. The summed E-state index contributed by atoms with van der Waals surface area (Å²) in [7, 11) is 0. The first-order chi connectivity index (χ1) is 22.5. The summed E-state index contributed by atoms with van der Waals surface area (Å²) in [5.41, 5.74) is 3.19. The summed E-state index contributed by atoms with van der Waals surface area (Å²) in [5, 5.41) is 11.3. The number of benzene rings is 2. The molecule has 3 rings (SSSR count). The van der Waals surface area contributed by atoms with E-state index in [-0.39, 0.29) is 30.5 Å². The van der Waals surface area contributed by atoms with Crippen LogP contribution in [0.25, 0.3) is 10.9 Å². The summed E-state index contributed by atoms with van der Waals surface area (Å²) in [6.45, 7) is 7.09. The molecule has 0 aliphatic carbocycles. The normalized spacial score (nSPS) is 12.7. The molecule has 0 aliphatic rings. The second-order valence-corrected chi connectivity index (χ2v) is 12.3. The lowest BCUT2D eigenvalue weighted by Crippen LogP contribution is -2.52. The van der Waals surface area contributed by atoms with Gasteiger partial charge in [0, 0.05) is 59.4 Å². The second-order valence-electron chi connectivity index (χ2n) is 10.8. The number of ketones is 1. The molecule has 47 heavy (non-hydrogen) atoms. The number of fused-ring (bicyclic) bond motifs is 1. The number of aryl methyl sites for hydroxylation is 1. The zero-order valence-corrected chi connectivity index (χ0v) is 30.1. The molecule has 0 fully saturated rings. The highest BCUT2D eigenvalue weighted by molar-refractivity contribution is 7.80. The molecule has 0 aliphatic heterocycles. The minimum atomic E-state index is -0.863. The number of hydrogen-bond acceptors (Lipinski definition) is 12. The van der Waals surface area contributed by atoms with E-state index in [9.17, 15) is 19.2 Å². The Morgan fingerprint density at radius 2 is 1.55 bits per heavy atom. The van der Waals surface area contributed by atoms with Crippen LogP contribution in [-0.2, 0) is 29.8 Å². The van der Waals surface area contributed by atoms with Gasteiger partial charge in [-0.05, 0) is 75.6 Å². The van der Waals surface area contributed by atoms with Crippen LogP contribution in [0.15, 0.2) is 42.5 Å². The molecule has 0 unspecified atom stereocenters. The third-order valence-corrected chi connectivity index (χ3v) is 8.63. The number of aromatic nitrogens is 1. The number of Topliss-reactive ketones (excluding diaryl/α,β-unsaturated/α-hetero) is 1. The number of hydrogen-bond donors (Lipinski definition) is 6. The van der Waals surface area contributed by atoms with Crippen molar-refractivity contribution in [2.24, 2.45) is 0 Å². The van der Waals surface area contributed by atoms with E-state index >= 15 is 0 Å². The Labute approximate surface area is 296 Å². The van der Waals surface area contributed by atoms with Gasteiger partial charge in [0.15, 0.2) is 0 Å². The molecule has 1 heterocycles. The van der Waals surface area contributed by atoms with Crippen molar-refractivity contribution >= 4 is 84.2 Å². The molecule has 3 aromatic rings. The summed E-state index contributed by atoms with van der Waals surface area (Å²) in [6.07, 6.45) is -0.206. The highest BCUT2D eigenvalue weighted by Crippen LogP contribution is 2.29. The third kappa shape index (κ3) is 10.8. The Hall–Kier alpha value is -2.40. The average Bonchev–Trinajstić information content (AvgIpc) is 3.31. The largest absolute Gasteiger partial charge is 0.317 e. The van der Waals surface area contributed by atoms with E-state index in [1.54, 1.807) is 35.8 Å². The van der Waals surface area contributed by atoms with Crippen molar-refractivity contribution in [1.82, 2.24) is 25.6 Å². The van der Waals surface area contributed by atoms with Crippen molar-refractivity contribution in [2.45, 2.75) is 39.3 Å². The van der Waals surface area contributed by atoms with Crippen molar-refractivity contribution < 1.29 is 28.2 Å². The Morgan fingerprint density at radius 1 is 0.915 bits per heavy atom. The Morgan fingerprint density at radius 3 is 2.17 bits per heavy atom. The Balaban J connectivity index is 1.88. The number of thiol groups is 3. The second kappa shape index (κ2) is 19.6. The van der Waals surface area contributed by atoms with Gasteiger partial charge in [0.1, 0.15) is 5.78 Å². The predicted octanol–water partition coefficient (Wildman–Crippen LogP) is 3.25. The monoisotopic (exact) mass is 723 g/mol. The van der Waals surface area contributed by atoms with E-state index in [1.165, 1.54) is 6.92 Å². The van der Waals surface area contributed by atoms with Gasteiger partial charge in [-0.2, -0.15) is 30.3 Å². The minimum Gasteiger partial charge on any atom is -0.317 e. The van der Waals surface area contributed by atoms with Crippen LogP contribution in [0.5, 0.6) is 0 Å². The molecule has 1 aromatic heterocycles. The molecule has 0 saturated heterocycles. The van der Waals surface area contributed by atoms with Crippen LogP contribution in [0, 0.1) is 13.8 Å². The molecule has 256 valence electrons. The van der Waals surface area contributed by atoms with Crippen molar-refractivity contribution in [3.8, 4) is 0 Å². The molecule has 11 nitrogen and oxygen atoms in total. The number of carbonyl (C=O) groups excluding carboxylic acids is 4. The zero-order chi connectivity index (χ0) is 34.5. The highest BCUT2D eigenvalue weighted by Gasteiger charge is 2.31. The van der Waals surface area contributed by atoms with E-state index in [4.69, 9.17) is 20.6 Å². The molecular formula is C32H42ClN5O6S3. The van der Waals surface area contributed by atoms with E-state index in [1.807, 2.05) is 25.1 Å². The molecule has 0 bridgehead atoms. The molecule has 0 spiro atoms. The molecule has 15 heteroatoms. The van der Waals surface area contributed by atoms with Gasteiger partial charge in [0.2, 0.25) is 0 Å². The number of nitrogens with zero attached hydrogens (tertiary/aromatic N) is 2. The van der Waals surface area contributed by atoms with Crippen molar-refractivity contribution in [3.63, 3.8) is 0 Å². The summed E-state index contributed by atoms with van der Waals surface area (Å²) in [6, 6.07) is 11.0. The van der Waals surface area contributed by atoms with E-state index in [0.29, 0.717) is 65.9 Å². The molecule has 0 saturated carbocycles. The van der Waals surface area contributed by atoms with E-state index in [0.717, 1.165) is 16.0 Å². The van der Waals surface area contributed by atoms with Crippen LogP contribution in [-0.4, -0.2) is 96.1 Å². The van der Waals surface area contributed by atoms with Gasteiger partial charge >= 0.3 is 0 Å². The average molecular weight is 724 g/mol.